The van der Waals surface area contributed by atoms with Gasteiger partial charge in [-0.2, -0.15) is 5.10 Å². The van der Waals surface area contributed by atoms with Gasteiger partial charge in [0.05, 0.1) is 18.2 Å². The van der Waals surface area contributed by atoms with Gasteiger partial charge in [-0.15, -0.1) is 0 Å². The van der Waals surface area contributed by atoms with E-state index in [1.807, 2.05) is 24.3 Å². The van der Waals surface area contributed by atoms with Crippen LogP contribution in [0.1, 0.15) is 11.1 Å². The van der Waals surface area contributed by atoms with Crippen LogP contribution in [0.4, 0.5) is 5.69 Å². The Hall–Kier alpha value is -3.20. The average molecular weight is 360 g/mol. The number of hydrogen-bond acceptors (Lipinski definition) is 6. The van der Waals surface area contributed by atoms with Crippen LogP contribution in [-0.4, -0.2) is 28.5 Å². The summed E-state index contributed by atoms with van der Waals surface area (Å²) in [6, 6.07) is 11.5. The Balaban J connectivity index is 1.85. The number of nitro groups is 1. The van der Waals surface area contributed by atoms with E-state index in [-0.39, 0.29) is 5.69 Å². The Kier molecular flexibility index (Phi) is 6.24. The molecule has 0 unspecified atom stereocenters. The fourth-order valence-corrected chi connectivity index (χ4v) is 2.02. The summed E-state index contributed by atoms with van der Waals surface area (Å²) in [6.07, 6.45) is 1.37. The minimum atomic E-state index is -0.666. The van der Waals surface area contributed by atoms with Gasteiger partial charge < -0.3 is 15.2 Å². The molecular weight excluding hydrogens is 344 g/mol. The molecule has 0 spiro atoms. The minimum Gasteiger partial charge on any atom is -0.502 e. The molecule has 0 radical (unpaired) electrons. The fraction of sp³-hybridized carbons (Fsp3) is 0.125. The summed E-state index contributed by atoms with van der Waals surface area (Å²) < 4.78 is 5.08. The number of rotatable bonds is 6. The topological polar surface area (TPSA) is 109 Å². The van der Waals surface area contributed by atoms with Crippen LogP contribution in [0.2, 0.25) is 0 Å². The van der Waals surface area contributed by atoms with Crippen LogP contribution in [0, 0.1) is 10.1 Å². The zero-order valence-corrected chi connectivity index (χ0v) is 14.1. The first-order chi connectivity index (χ1) is 12.0. The van der Waals surface area contributed by atoms with Gasteiger partial charge in [-0.05, 0) is 42.0 Å². The molecule has 8 nitrogen and oxygen atoms in total. The van der Waals surface area contributed by atoms with Crippen molar-refractivity contribution in [2.45, 2.75) is 6.54 Å². The van der Waals surface area contributed by atoms with Gasteiger partial charge in [-0.3, -0.25) is 15.5 Å². The Bertz CT molecular complexity index is 793. The molecule has 0 bridgehead atoms. The SMILES string of the molecule is COc1ccc(CNC(=S)N/N=C/c2ccc(O)c([N+](=O)[O-])c2)cc1. The summed E-state index contributed by atoms with van der Waals surface area (Å²) in [5.74, 6) is 0.379. The molecule has 2 aromatic carbocycles. The van der Waals surface area contributed by atoms with E-state index in [0.29, 0.717) is 17.2 Å². The molecule has 0 saturated heterocycles. The van der Waals surface area contributed by atoms with Crippen molar-refractivity contribution < 1.29 is 14.8 Å². The number of nitrogens with zero attached hydrogens (tertiary/aromatic N) is 2. The predicted molar refractivity (Wildman–Crippen MR) is 97.9 cm³/mol. The summed E-state index contributed by atoms with van der Waals surface area (Å²) in [7, 11) is 1.60. The molecule has 9 heteroatoms. The molecule has 0 fully saturated rings. The second kappa shape index (κ2) is 8.60. The third kappa shape index (κ3) is 5.43. The highest BCUT2D eigenvalue weighted by molar-refractivity contribution is 7.80. The first-order valence-corrected chi connectivity index (χ1v) is 7.57. The van der Waals surface area contributed by atoms with E-state index in [1.54, 1.807) is 7.11 Å². The number of phenols is 1. The first kappa shape index (κ1) is 18.1. The Morgan fingerprint density at radius 2 is 2.08 bits per heavy atom. The van der Waals surface area contributed by atoms with Gasteiger partial charge in [0.2, 0.25) is 0 Å². The number of hydrogen-bond donors (Lipinski definition) is 3. The van der Waals surface area contributed by atoms with Crippen LogP contribution in [-0.2, 0) is 6.54 Å². The molecule has 0 heterocycles. The number of phenolic OH excluding ortho intramolecular Hbond substituents is 1. The van der Waals surface area contributed by atoms with Crippen molar-refractivity contribution in [2.24, 2.45) is 5.10 Å². The van der Waals surface area contributed by atoms with Gasteiger partial charge in [-0.1, -0.05) is 12.1 Å². The number of nitrogens with one attached hydrogen (secondary N) is 2. The monoisotopic (exact) mass is 360 g/mol. The zero-order valence-electron chi connectivity index (χ0n) is 13.3. The maximum atomic E-state index is 10.8. The molecule has 0 aliphatic rings. The lowest BCUT2D eigenvalue weighted by Gasteiger charge is -2.07. The van der Waals surface area contributed by atoms with Crippen molar-refractivity contribution in [1.29, 1.82) is 0 Å². The Morgan fingerprint density at radius 1 is 1.36 bits per heavy atom. The highest BCUT2D eigenvalue weighted by atomic mass is 32.1. The van der Waals surface area contributed by atoms with E-state index in [2.05, 4.69) is 15.8 Å². The summed E-state index contributed by atoms with van der Waals surface area (Å²) in [5.41, 5.74) is 3.71. The van der Waals surface area contributed by atoms with Crippen molar-refractivity contribution >= 4 is 29.2 Å². The Labute approximate surface area is 149 Å². The molecule has 0 aliphatic carbocycles. The predicted octanol–water partition coefficient (Wildman–Crippen LogP) is 2.31. The molecule has 2 rings (SSSR count). The number of benzene rings is 2. The number of ether oxygens (including phenoxy) is 1. The van der Waals surface area contributed by atoms with Gasteiger partial charge in [0.1, 0.15) is 5.75 Å². The quantitative estimate of drug-likeness (QED) is 0.314. The third-order valence-corrected chi connectivity index (χ3v) is 3.42. The molecule has 0 aromatic heterocycles. The van der Waals surface area contributed by atoms with Crippen molar-refractivity contribution in [3.8, 4) is 11.5 Å². The van der Waals surface area contributed by atoms with Gasteiger partial charge in [0.25, 0.3) is 0 Å². The summed E-state index contributed by atoms with van der Waals surface area (Å²) in [4.78, 5) is 10.1. The zero-order chi connectivity index (χ0) is 18.2. The molecule has 130 valence electrons. The second-order valence-electron chi connectivity index (χ2n) is 4.91. The lowest BCUT2D eigenvalue weighted by molar-refractivity contribution is -0.385. The highest BCUT2D eigenvalue weighted by Gasteiger charge is 2.12. The van der Waals surface area contributed by atoms with Crippen LogP contribution >= 0.6 is 12.2 Å². The van der Waals surface area contributed by atoms with E-state index in [4.69, 9.17) is 17.0 Å². The lowest BCUT2D eigenvalue weighted by atomic mass is 10.2. The van der Waals surface area contributed by atoms with E-state index < -0.39 is 10.7 Å². The number of aromatic hydroxyl groups is 1. The summed E-state index contributed by atoms with van der Waals surface area (Å²) in [6.45, 7) is 0.510. The maximum absolute atomic E-state index is 10.8. The largest absolute Gasteiger partial charge is 0.502 e. The van der Waals surface area contributed by atoms with Crippen molar-refractivity contribution in [2.75, 3.05) is 7.11 Å². The average Bonchev–Trinajstić information content (AvgIpc) is 2.61. The van der Waals surface area contributed by atoms with Gasteiger partial charge in [0, 0.05) is 18.2 Å². The molecular formula is C16H16N4O4S. The minimum absolute atomic E-state index is 0.306. The smallest absolute Gasteiger partial charge is 0.311 e. The number of methoxy groups -OCH3 is 1. The van der Waals surface area contributed by atoms with Gasteiger partial charge in [-0.25, -0.2) is 0 Å². The lowest BCUT2D eigenvalue weighted by Crippen LogP contribution is -2.31. The van der Waals surface area contributed by atoms with Crippen LogP contribution in [0.15, 0.2) is 47.6 Å². The number of thiocarbonyl (C=S) groups is 1. The fourth-order valence-electron chi connectivity index (χ4n) is 1.90. The van der Waals surface area contributed by atoms with E-state index in [1.165, 1.54) is 24.4 Å². The van der Waals surface area contributed by atoms with E-state index in [9.17, 15) is 15.2 Å². The Morgan fingerprint density at radius 3 is 2.72 bits per heavy atom. The number of hydrazone groups is 1. The van der Waals surface area contributed by atoms with Crippen molar-refractivity contribution in [3.63, 3.8) is 0 Å². The van der Waals surface area contributed by atoms with Gasteiger partial charge in [0.15, 0.2) is 10.9 Å². The first-order valence-electron chi connectivity index (χ1n) is 7.17. The molecule has 3 N–H and O–H groups in total. The maximum Gasteiger partial charge on any atom is 0.311 e. The molecule has 0 atom stereocenters. The van der Waals surface area contributed by atoms with Crippen LogP contribution in [0.25, 0.3) is 0 Å². The number of nitro benzene ring substituents is 1. The molecule has 2 aromatic rings. The summed E-state index contributed by atoms with van der Waals surface area (Å²) >= 11 is 5.10. The van der Waals surface area contributed by atoms with Crippen molar-refractivity contribution in [3.05, 3.63) is 63.7 Å². The third-order valence-electron chi connectivity index (χ3n) is 3.19. The van der Waals surface area contributed by atoms with Crippen molar-refractivity contribution in [1.82, 2.24) is 10.7 Å². The van der Waals surface area contributed by atoms with E-state index >= 15 is 0 Å². The normalized spacial score (nSPS) is 10.4. The van der Waals surface area contributed by atoms with Crippen LogP contribution < -0.4 is 15.5 Å². The standard InChI is InChI=1S/C16H16N4O4S/c1-24-13-5-2-11(3-6-13)9-17-16(25)19-18-10-12-4-7-15(21)14(8-12)20(22)23/h2-8,10,21H,9H2,1H3,(H2,17,19,25)/b18-10+. The molecule has 0 saturated carbocycles. The highest BCUT2D eigenvalue weighted by Crippen LogP contribution is 2.25. The molecule has 25 heavy (non-hydrogen) atoms. The summed E-state index contributed by atoms with van der Waals surface area (Å²) in [5, 5.41) is 27.3. The van der Waals surface area contributed by atoms with Crippen LogP contribution in [0.3, 0.4) is 0 Å². The second-order valence-corrected chi connectivity index (χ2v) is 5.31. The molecule has 0 aliphatic heterocycles. The molecule has 0 amide bonds. The van der Waals surface area contributed by atoms with E-state index in [0.717, 1.165) is 11.3 Å². The van der Waals surface area contributed by atoms with Gasteiger partial charge >= 0.3 is 5.69 Å². The van der Waals surface area contributed by atoms with Crippen LogP contribution in [0.5, 0.6) is 11.5 Å².